The van der Waals surface area contributed by atoms with E-state index in [0.29, 0.717) is 19.3 Å². The Labute approximate surface area is 125 Å². The number of aromatic amines is 1. The van der Waals surface area contributed by atoms with Crippen LogP contribution in [0.2, 0.25) is 0 Å². The van der Waals surface area contributed by atoms with E-state index >= 15 is 0 Å². The molecule has 2 fully saturated rings. The average Bonchev–Trinajstić information content (AvgIpc) is 3.15. The van der Waals surface area contributed by atoms with Crippen LogP contribution in [0.15, 0.2) is 0 Å². The van der Waals surface area contributed by atoms with Gasteiger partial charge in [-0.3, -0.25) is 10.00 Å². The number of aromatic nitrogens is 3. The molecule has 2 atom stereocenters. The zero-order chi connectivity index (χ0) is 14.5. The highest BCUT2D eigenvalue weighted by Crippen LogP contribution is 2.18. The molecule has 0 bridgehead atoms. The van der Waals surface area contributed by atoms with Gasteiger partial charge < -0.3 is 14.2 Å². The Morgan fingerprint density at radius 3 is 3.10 bits per heavy atom. The summed E-state index contributed by atoms with van der Waals surface area (Å²) in [6.07, 6.45) is 2.56. The van der Waals surface area contributed by atoms with Crippen LogP contribution in [0, 0.1) is 6.92 Å². The first kappa shape index (κ1) is 14.9. The molecule has 0 radical (unpaired) electrons. The van der Waals surface area contributed by atoms with E-state index in [1.165, 1.54) is 0 Å². The summed E-state index contributed by atoms with van der Waals surface area (Å²) < 4.78 is 17.0. The van der Waals surface area contributed by atoms with Gasteiger partial charge in [-0.1, -0.05) is 0 Å². The van der Waals surface area contributed by atoms with Crippen molar-refractivity contribution in [2.24, 2.45) is 0 Å². The minimum atomic E-state index is -0.0399. The first-order valence-electron chi connectivity index (χ1n) is 7.73. The lowest BCUT2D eigenvalue weighted by molar-refractivity contribution is -0.0467. The second-order valence-corrected chi connectivity index (χ2v) is 5.65. The minimum absolute atomic E-state index is 0.0399. The number of hydrogen-bond acceptors (Lipinski definition) is 6. The van der Waals surface area contributed by atoms with Crippen molar-refractivity contribution in [3.63, 3.8) is 0 Å². The zero-order valence-electron chi connectivity index (χ0n) is 12.6. The molecule has 0 saturated carbocycles. The molecule has 118 valence electrons. The van der Waals surface area contributed by atoms with Gasteiger partial charge in [0.2, 0.25) is 0 Å². The third kappa shape index (κ3) is 4.23. The lowest BCUT2D eigenvalue weighted by Crippen LogP contribution is -2.40. The Hall–Kier alpha value is -1.02. The number of hydrogen-bond donors (Lipinski definition) is 1. The first-order chi connectivity index (χ1) is 10.3. The van der Waals surface area contributed by atoms with Crippen LogP contribution in [0.1, 0.15) is 30.6 Å². The van der Waals surface area contributed by atoms with Gasteiger partial charge in [-0.25, -0.2) is 4.98 Å². The molecular formula is C14H24N4O3. The van der Waals surface area contributed by atoms with E-state index < -0.39 is 0 Å². The lowest BCUT2D eigenvalue weighted by Gasteiger charge is -2.31. The van der Waals surface area contributed by atoms with Crippen molar-refractivity contribution < 1.29 is 14.2 Å². The number of H-pyrrole nitrogens is 1. The molecular weight excluding hydrogens is 272 g/mol. The monoisotopic (exact) mass is 296 g/mol. The maximum Gasteiger partial charge on any atom is 0.180 e. The summed E-state index contributed by atoms with van der Waals surface area (Å²) in [6.45, 7) is 7.61. The Bertz CT molecular complexity index is 434. The Kier molecular flexibility index (Phi) is 5.18. The van der Waals surface area contributed by atoms with E-state index in [2.05, 4.69) is 20.1 Å². The predicted molar refractivity (Wildman–Crippen MR) is 76.0 cm³/mol. The molecule has 3 rings (SSSR count). The van der Waals surface area contributed by atoms with Gasteiger partial charge in [0.25, 0.3) is 0 Å². The number of morpholine rings is 1. The summed E-state index contributed by atoms with van der Waals surface area (Å²) in [5.41, 5.74) is 0. The van der Waals surface area contributed by atoms with Gasteiger partial charge in [0.05, 0.1) is 25.9 Å². The summed E-state index contributed by atoms with van der Waals surface area (Å²) in [5, 5.41) is 7.05. The maximum atomic E-state index is 5.75. The third-order valence-electron chi connectivity index (χ3n) is 3.93. The van der Waals surface area contributed by atoms with Gasteiger partial charge in [-0.2, -0.15) is 5.10 Å². The summed E-state index contributed by atoms with van der Waals surface area (Å²) >= 11 is 0. The lowest BCUT2D eigenvalue weighted by atomic mass is 10.2. The molecule has 0 spiro atoms. The van der Waals surface area contributed by atoms with E-state index in [9.17, 15) is 0 Å². The molecule has 2 saturated heterocycles. The Morgan fingerprint density at radius 1 is 1.38 bits per heavy atom. The standard InChI is InChI=1S/C14H24N4O3/c1-11-15-14(17-16-11)13-9-18(5-8-21-13)4-7-19-10-12-3-2-6-20-12/h12-13H,2-10H2,1H3,(H,15,16,17)/t12-,13-/m1/s1. The Balaban J connectivity index is 1.37. The van der Waals surface area contributed by atoms with Crippen LogP contribution in [-0.4, -0.2) is 72.2 Å². The van der Waals surface area contributed by atoms with Crippen molar-refractivity contribution in [2.75, 3.05) is 46.1 Å². The maximum absolute atomic E-state index is 5.75. The molecule has 7 nitrogen and oxygen atoms in total. The fraction of sp³-hybridized carbons (Fsp3) is 0.857. The largest absolute Gasteiger partial charge is 0.377 e. The fourth-order valence-electron chi connectivity index (χ4n) is 2.75. The van der Waals surface area contributed by atoms with Gasteiger partial charge in [0.1, 0.15) is 11.9 Å². The summed E-state index contributed by atoms with van der Waals surface area (Å²) in [7, 11) is 0. The highest BCUT2D eigenvalue weighted by atomic mass is 16.5. The average molecular weight is 296 g/mol. The van der Waals surface area contributed by atoms with Crippen LogP contribution >= 0.6 is 0 Å². The molecule has 0 aromatic carbocycles. The van der Waals surface area contributed by atoms with Crippen LogP contribution in [0.3, 0.4) is 0 Å². The normalized spacial score (nSPS) is 27.3. The summed E-state index contributed by atoms with van der Waals surface area (Å²) in [5.74, 6) is 1.57. The van der Waals surface area contributed by atoms with Crippen LogP contribution in [0.5, 0.6) is 0 Å². The molecule has 2 aliphatic heterocycles. The quantitative estimate of drug-likeness (QED) is 0.778. The second-order valence-electron chi connectivity index (χ2n) is 5.65. The van der Waals surface area contributed by atoms with E-state index in [1.807, 2.05) is 6.92 Å². The van der Waals surface area contributed by atoms with Gasteiger partial charge in [-0.15, -0.1) is 0 Å². The minimum Gasteiger partial charge on any atom is -0.377 e. The molecule has 0 amide bonds. The van der Waals surface area contributed by atoms with Gasteiger partial charge in [0.15, 0.2) is 5.82 Å². The van der Waals surface area contributed by atoms with E-state index in [-0.39, 0.29) is 6.10 Å². The number of ether oxygens (including phenoxy) is 3. The van der Waals surface area contributed by atoms with Crippen LogP contribution in [0.4, 0.5) is 0 Å². The molecule has 0 aliphatic carbocycles. The summed E-state index contributed by atoms with van der Waals surface area (Å²) in [4.78, 5) is 6.69. The van der Waals surface area contributed by atoms with Crippen molar-refractivity contribution in [3.05, 3.63) is 11.6 Å². The first-order valence-corrected chi connectivity index (χ1v) is 7.73. The molecule has 21 heavy (non-hydrogen) atoms. The highest BCUT2D eigenvalue weighted by molar-refractivity contribution is 4.95. The molecule has 2 aliphatic rings. The van der Waals surface area contributed by atoms with Gasteiger partial charge in [-0.05, 0) is 19.8 Å². The van der Waals surface area contributed by atoms with E-state index in [1.54, 1.807) is 0 Å². The van der Waals surface area contributed by atoms with Crippen LogP contribution in [0.25, 0.3) is 0 Å². The van der Waals surface area contributed by atoms with E-state index in [0.717, 1.165) is 57.3 Å². The molecule has 0 unspecified atom stereocenters. The topological polar surface area (TPSA) is 72.5 Å². The van der Waals surface area contributed by atoms with Crippen LogP contribution in [-0.2, 0) is 14.2 Å². The van der Waals surface area contributed by atoms with Crippen molar-refractivity contribution >= 4 is 0 Å². The smallest absolute Gasteiger partial charge is 0.180 e. The van der Waals surface area contributed by atoms with Crippen molar-refractivity contribution in [2.45, 2.75) is 32.0 Å². The number of nitrogens with zero attached hydrogens (tertiary/aromatic N) is 3. The molecule has 7 heteroatoms. The molecule has 1 N–H and O–H groups in total. The zero-order valence-corrected chi connectivity index (χ0v) is 12.6. The highest BCUT2D eigenvalue weighted by Gasteiger charge is 2.25. The molecule has 1 aromatic rings. The van der Waals surface area contributed by atoms with Crippen molar-refractivity contribution in [1.82, 2.24) is 20.1 Å². The van der Waals surface area contributed by atoms with E-state index in [4.69, 9.17) is 14.2 Å². The predicted octanol–water partition coefficient (Wildman–Crippen LogP) is 0.682. The van der Waals surface area contributed by atoms with Crippen molar-refractivity contribution in [3.8, 4) is 0 Å². The van der Waals surface area contributed by atoms with Crippen molar-refractivity contribution in [1.29, 1.82) is 0 Å². The fourth-order valence-corrected chi connectivity index (χ4v) is 2.75. The van der Waals surface area contributed by atoms with Gasteiger partial charge in [0, 0.05) is 26.2 Å². The Morgan fingerprint density at radius 2 is 2.33 bits per heavy atom. The SMILES string of the molecule is Cc1nc([C@H]2CN(CCOC[C@H]3CCCO3)CCO2)n[nH]1. The van der Waals surface area contributed by atoms with Gasteiger partial charge >= 0.3 is 0 Å². The second kappa shape index (κ2) is 7.31. The number of nitrogens with one attached hydrogen (secondary N) is 1. The molecule has 3 heterocycles. The third-order valence-corrected chi connectivity index (χ3v) is 3.93. The van der Waals surface area contributed by atoms with Crippen LogP contribution < -0.4 is 0 Å². The molecule has 1 aromatic heterocycles. The number of aryl methyl sites for hydroxylation is 1. The summed E-state index contributed by atoms with van der Waals surface area (Å²) in [6, 6.07) is 0. The number of rotatable bonds is 6.